The van der Waals surface area contributed by atoms with Crippen LogP contribution in [0.3, 0.4) is 0 Å². The quantitative estimate of drug-likeness (QED) is 0.654. The molecule has 1 heterocycles. The molecule has 1 N–H and O–H groups in total. The van der Waals surface area contributed by atoms with Gasteiger partial charge in [-0.25, -0.2) is 9.97 Å². The third-order valence-corrected chi connectivity index (χ3v) is 2.04. The Bertz CT molecular complexity index is 363. The van der Waals surface area contributed by atoms with Crippen molar-refractivity contribution < 1.29 is 13.0 Å². The Hall–Kier alpha value is -0.720. The van der Waals surface area contributed by atoms with E-state index < -0.39 is 15.1 Å². The van der Waals surface area contributed by atoms with Gasteiger partial charge in [0, 0.05) is 12.4 Å². The lowest BCUT2D eigenvalue weighted by molar-refractivity contribution is 0.479. The van der Waals surface area contributed by atoms with Crippen LogP contribution in [0.5, 0.6) is 0 Å². The molecule has 0 fully saturated rings. The predicted octanol–water partition coefficient (Wildman–Crippen LogP) is 0.377. The predicted molar refractivity (Wildman–Crippen MR) is 36.9 cm³/mol. The molecule has 7 heteroatoms. The van der Waals surface area contributed by atoms with Crippen LogP contribution in [0.1, 0.15) is 0 Å². The van der Waals surface area contributed by atoms with Gasteiger partial charge in [-0.2, -0.15) is 8.42 Å². The summed E-state index contributed by atoms with van der Waals surface area (Å²) in [6, 6.07) is 0. The summed E-state index contributed by atoms with van der Waals surface area (Å²) in [6.45, 7) is 0. The topological polar surface area (TPSA) is 80.2 Å². The van der Waals surface area contributed by atoms with Crippen LogP contribution in [-0.2, 0) is 10.1 Å². The van der Waals surface area contributed by atoms with E-state index in [1.165, 1.54) is 6.20 Å². The van der Waals surface area contributed by atoms with E-state index in [2.05, 4.69) is 9.97 Å². The van der Waals surface area contributed by atoms with E-state index >= 15 is 0 Å². The first-order valence-electron chi connectivity index (χ1n) is 2.46. The van der Waals surface area contributed by atoms with E-state index in [-0.39, 0.29) is 5.15 Å². The second kappa shape index (κ2) is 2.72. The maximum absolute atomic E-state index is 10.4. The van der Waals surface area contributed by atoms with Crippen LogP contribution >= 0.6 is 11.6 Å². The highest BCUT2D eigenvalue weighted by molar-refractivity contribution is 7.85. The number of halogens is 1. The van der Waals surface area contributed by atoms with Gasteiger partial charge >= 0.3 is 10.1 Å². The van der Waals surface area contributed by atoms with Crippen LogP contribution < -0.4 is 0 Å². The molecule has 11 heavy (non-hydrogen) atoms. The second-order valence-corrected chi connectivity index (χ2v) is 3.32. The summed E-state index contributed by atoms with van der Waals surface area (Å²) in [5, 5.41) is -0.961. The second-order valence-electron chi connectivity index (χ2n) is 1.63. The third-order valence-electron chi connectivity index (χ3n) is 0.867. The highest BCUT2D eigenvalue weighted by atomic mass is 35.5. The summed E-state index contributed by atoms with van der Waals surface area (Å²) >= 11 is 5.30. The Morgan fingerprint density at radius 1 is 1.36 bits per heavy atom. The molecule has 0 aliphatic rings. The lowest BCUT2D eigenvalue weighted by atomic mass is 10.8. The number of hydrogen-bond acceptors (Lipinski definition) is 4. The molecule has 1 aromatic rings. The van der Waals surface area contributed by atoms with Crippen LogP contribution in [-0.4, -0.2) is 22.9 Å². The number of hydrogen-bond donors (Lipinski definition) is 1. The molecule has 1 rings (SSSR count). The molecule has 0 radical (unpaired) electrons. The SMILES string of the molecule is O=S(=O)(O)c1nccnc1Cl. The van der Waals surface area contributed by atoms with Gasteiger partial charge in [-0.1, -0.05) is 11.6 Å². The lowest BCUT2D eigenvalue weighted by Crippen LogP contribution is -2.02. The highest BCUT2D eigenvalue weighted by Crippen LogP contribution is 2.13. The fraction of sp³-hybridized carbons (Fsp3) is 0. The minimum Gasteiger partial charge on any atom is -0.281 e. The van der Waals surface area contributed by atoms with Gasteiger partial charge in [0.15, 0.2) is 5.15 Å². The van der Waals surface area contributed by atoms with Crippen LogP contribution in [0, 0.1) is 0 Å². The third kappa shape index (κ3) is 1.86. The summed E-state index contributed by atoms with van der Waals surface area (Å²) < 4.78 is 29.3. The van der Waals surface area contributed by atoms with E-state index in [9.17, 15) is 8.42 Å². The minimum atomic E-state index is -4.34. The molecule has 0 aromatic carbocycles. The van der Waals surface area contributed by atoms with Crippen molar-refractivity contribution in [1.82, 2.24) is 9.97 Å². The maximum atomic E-state index is 10.4. The first kappa shape index (κ1) is 8.38. The summed E-state index contributed by atoms with van der Waals surface area (Å²) in [7, 11) is -4.34. The average molecular weight is 195 g/mol. The van der Waals surface area contributed by atoms with E-state index in [1.54, 1.807) is 0 Å². The Morgan fingerprint density at radius 3 is 2.27 bits per heavy atom. The smallest absolute Gasteiger partial charge is 0.281 e. The monoisotopic (exact) mass is 194 g/mol. The van der Waals surface area contributed by atoms with Crippen molar-refractivity contribution in [1.29, 1.82) is 0 Å². The van der Waals surface area contributed by atoms with Gasteiger partial charge in [0.05, 0.1) is 0 Å². The molecule has 0 aliphatic carbocycles. The largest absolute Gasteiger partial charge is 0.315 e. The van der Waals surface area contributed by atoms with Gasteiger partial charge in [-0.15, -0.1) is 0 Å². The molecule has 1 aromatic heterocycles. The number of nitrogens with zero attached hydrogens (tertiary/aromatic N) is 2. The molecule has 0 bridgehead atoms. The molecule has 0 unspecified atom stereocenters. The standard InChI is InChI=1S/C4H3ClN2O3S/c5-3-4(11(8,9)10)7-2-1-6-3/h1-2H,(H,8,9,10). The molecule has 0 aliphatic heterocycles. The first-order valence-corrected chi connectivity index (χ1v) is 4.27. The van der Waals surface area contributed by atoms with Gasteiger partial charge in [0.1, 0.15) is 0 Å². The fourth-order valence-corrected chi connectivity index (χ4v) is 1.34. The summed E-state index contributed by atoms with van der Waals surface area (Å²) in [5.74, 6) is 0. The van der Waals surface area contributed by atoms with Crippen molar-refractivity contribution in [3.05, 3.63) is 17.5 Å². The highest BCUT2D eigenvalue weighted by Gasteiger charge is 2.15. The van der Waals surface area contributed by atoms with E-state index in [0.29, 0.717) is 0 Å². The fourth-order valence-electron chi connectivity index (χ4n) is 0.481. The zero-order valence-corrected chi connectivity index (χ0v) is 6.67. The van der Waals surface area contributed by atoms with Crippen molar-refractivity contribution in [3.8, 4) is 0 Å². The first-order chi connectivity index (χ1) is 5.02. The Kier molecular flexibility index (Phi) is 2.08. The van der Waals surface area contributed by atoms with E-state index in [1.807, 2.05) is 0 Å². The zero-order valence-electron chi connectivity index (χ0n) is 5.10. The van der Waals surface area contributed by atoms with Gasteiger partial charge < -0.3 is 0 Å². The Balaban J connectivity index is 3.37. The van der Waals surface area contributed by atoms with Crippen molar-refractivity contribution in [3.63, 3.8) is 0 Å². The molecule has 0 saturated heterocycles. The van der Waals surface area contributed by atoms with Crippen molar-refractivity contribution in [2.75, 3.05) is 0 Å². The van der Waals surface area contributed by atoms with Gasteiger partial charge in [0.2, 0.25) is 5.03 Å². The molecule has 60 valence electrons. The number of aromatic nitrogens is 2. The zero-order chi connectivity index (χ0) is 8.48. The Morgan fingerprint density at radius 2 is 1.91 bits per heavy atom. The maximum Gasteiger partial charge on any atom is 0.315 e. The van der Waals surface area contributed by atoms with Crippen LogP contribution in [0.4, 0.5) is 0 Å². The van der Waals surface area contributed by atoms with Gasteiger partial charge in [-0.05, 0) is 0 Å². The summed E-state index contributed by atoms with van der Waals surface area (Å²) in [6.07, 6.45) is 2.34. The van der Waals surface area contributed by atoms with Gasteiger partial charge in [0.25, 0.3) is 0 Å². The van der Waals surface area contributed by atoms with Crippen molar-refractivity contribution in [2.24, 2.45) is 0 Å². The summed E-state index contributed by atoms with van der Waals surface area (Å²) in [4.78, 5) is 6.73. The van der Waals surface area contributed by atoms with E-state index in [4.69, 9.17) is 16.2 Å². The average Bonchev–Trinajstić information content (AvgIpc) is 1.86. The van der Waals surface area contributed by atoms with E-state index in [0.717, 1.165) is 6.20 Å². The molecule has 0 amide bonds. The molecule has 0 saturated carbocycles. The molecule has 5 nitrogen and oxygen atoms in total. The van der Waals surface area contributed by atoms with Crippen LogP contribution in [0.25, 0.3) is 0 Å². The number of rotatable bonds is 1. The van der Waals surface area contributed by atoms with Gasteiger partial charge in [-0.3, -0.25) is 4.55 Å². The molecular weight excluding hydrogens is 192 g/mol. The molecule has 0 spiro atoms. The van der Waals surface area contributed by atoms with Crippen molar-refractivity contribution >= 4 is 21.7 Å². The van der Waals surface area contributed by atoms with Crippen molar-refractivity contribution in [2.45, 2.75) is 5.03 Å². The summed E-state index contributed by atoms with van der Waals surface area (Å²) in [5.41, 5.74) is 0. The Labute approximate surface area is 67.8 Å². The van der Waals surface area contributed by atoms with Crippen LogP contribution in [0.15, 0.2) is 17.4 Å². The normalized spacial score (nSPS) is 11.5. The molecule has 0 atom stereocenters. The minimum absolute atomic E-state index is 0.338. The molecular formula is C4H3ClN2O3S. The van der Waals surface area contributed by atoms with Crippen LogP contribution in [0.2, 0.25) is 5.15 Å². The lowest BCUT2D eigenvalue weighted by Gasteiger charge is -1.94.